The van der Waals surface area contributed by atoms with Crippen molar-refractivity contribution in [3.05, 3.63) is 57.8 Å². The number of nitrogens with zero attached hydrogens (tertiary/aromatic N) is 2. The Labute approximate surface area is 134 Å². The summed E-state index contributed by atoms with van der Waals surface area (Å²) in [6.45, 7) is 1.58. The smallest absolute Gasteiger partial charge is 0.290 e. The van der Waals surface area contributed by atoms with E-state index in [9.17, 15) is 18.5 Å². The van der Waals surface area contributed by atoms with Crippen LogP contribution in [0.15, 0.2) is 36.4 Å². The predicted molar refractivity (Wildman–Crippen MR) is 88.8 cm³/mol. The Balaban J connectivity index is 2.06. The number of anilines is 2. The van der Waals surface area contributed by atoms with Crippen molar-refractivity contribution in [2.75, 3.05) is 17.3 Å². The van der Waals surface area contributed by atoms with Gasteiger partial charge < -0.3 is 5.32 Å². The molecule has 0 aliphatic heterocycles. The van der Waals surface area contributed by atoms with Crippen molar-refractivity contribution < 1.29 is 13.3 Å². The maximum Gasteiger partial charge on any atom is 0.290 e. The second kappa shape index (κ2) is 6.74. The van der Waals surface area contributed by atoms with E-state index in [-0.39, 0.29) is 11.4 Å². The van der Waals surface area contributed by atoms with E-state index >= 15 is 0 Å². The molecule has 23 heavy (non-hydrogen) atoms. The van der Waals surface area contributed by atoms with Crippen LogP contribution >= 0.6 is 0 Å². The number of nitro groups is 1. The van der Waals surface area contributed by atoms with E-state index < -0.39 is 14.8 Å². The molecule has 2 aromatic rings. The van der Waals surface area contributed by atoms with Crippen molar-refractivity contribution in [3.63, 3.8) is 0 Å². The molecule has 0 amide bonds. The van der Waals surface area contributed by atoms with Gasteiger partial charge in [-0.15, -0.1) is 0 Å². The van der Waals surface area contributed by atoms with Crippen molar-refractivity contribution in [3.8, 4) is 0 Å². The van der Waals surface area contributed by atoms with Crippen LogP contribution in [0.25, 0.3) is 0 Å². The lowest BCUT2D eigenvalue weighted by Crippen LogP contribution is -2.05. The van der Waals surface area contributed by atoms with E-state index in [1.807, 2.05) is 24.3 Å². The highest BCUT2D eigenvalue weighted by Gasteiger charge is 2.11. The lowest BCUT2D eigenvalue weighted by molar-refractivity contribution is -0.385. The number of hydrogen-bond acceptors (Lipinski definition) is 6. The molecule has 122 valence electrons. The minimum absolute atomic E-state index is 0.0216. The van der Waals surface area contributed by atoms with Crippen LogP contribution in [-0.4, -0.2) is 30.3 Å². The highest BCUT2D eigenvalue weighted by molar-refractivity contribution is 7.90. The standard InChI is InChI=1S/C15H17N3O4S/c1-11-14(18(19)20)7-8-15(16-11)17-13-5-3-12(4-6-13)9-10-23(2,21)22/h3-8H,9-10H2,1-2H3,(H,16,17). The van der Waals surface area contributed by atoms with Gasteiger partial charge in [-0.3, -0.25) is 10.1 Å². The summed E-state index contributed by atoms with van der Waals surface area (Å²) < 4.78 is 22.3. The fourth-order valence-corrected chi connectivity index (χ4v) is 2.63. The van der Waals surface area contributed by atoms with E-state index in [1.54, 1.807) is 13.0 Å². The summed E-state index contributed by atoms with van der Waals surface area (Å²) in [4.78, 5) is 14.4. The number of rotatable bonds is 6. The molecule has 0 radical (unpaired) electrons. The van der Waals surface area contributed by atoms with E-state index in [2.05, 4.69) is 10.3 Å². The average molecular weight is 335 g/mol. The number of benzene rings is 1. The molecule has 0 atom stereocenters. The summed E-state index contributed by atoms with van der Waals surface area (Å²) in [6, 6.07) is 10.3. The highest BCUT2D eigenvalue weighted by atomic mass is 32.2. The van der Waals surface area contributed by atoms with Gasteiger partial charge in [-0.05, 0) is 37.1 Å². The van der Waals surface area contributed by atoms with Gasteiger partial charge >= 0.3 is 0 Å². The molecule has 1 N–H and O–H groups in total. The van der Waals surface area contributed by atoms with Crippen molar-refractivity contribution in [1.29, 1.82) is 0 Å². The van der Waals surface area contributed by atoms with Crippen LogP contribution in [0.4, 0.5) is 17.2 Å². The van der Waals surface area contributed by atoms with Gasteiger partial charge in [-0.1, -0.05) is 12.1 Å². The first-order valence-electron chi connectivity index (χ1n) is 6.90. The minimum Gasteiger partial charge on any atom is -0.340 e. The first-order valence-corrected chi connectivity index (χ1v) is 8.96. The van der Waals surface area contributed by atoms with Crippen molar-refractivity contribution >= 4 is 27.0 Å². The Bertz CT molecular complexity index is 817. The fourth-order valence-electron chi connectivity index (χ4n) is 2.02. The van der Waals surface area contributed by atoms with Gasteiger partial charge in [0.05, 0.1) is 10.7 Å². The first kappa shape index (κ1) is 16.9. The van der Waals surface area contributed by atoms with E-state index in [4.69, 9.17) is 0 Å². The van der Waals surface area contributed by atoms with Crippen molar-refractivity contribution in [2.45, 2.75) is 13.3 Å². The SMILES string of the molecule is Cc1nc(Nc2ccc(CCS(C)(=O)=O)cc2)ccc1[N+](=O)[O-]. The predicted octanol–water partition coefficient (Wildman–Crippen LogP) is 2.63. The summed E-state index contributed by atoms with van der Waals surface area (Å²) in [6.07, 6.45) is 1.68. The first-order chi connectivity index (χ1) is 10.7. The fraction of sp³-hybridized carbons (Fsp3) is 0.267. The highest BCUT2D eigenvalue weighted by Crippen LogP contribution is 2.21. The van der Waals surface area contributed by atoms with Crippen molar-refractivity contribution in [1.82, 2.24) is 4.98 Å². The van der Waals surface area contributed by atoms with Gasteiger partial charge in [-0.25, -0.2) is 13.4 Å². The van der Waals surface area contributed by atoms with Gasteiger partial charge in [0, 0.05) is 18.0 Å². The molecular weight excluding hydrogens is 318 g/mol. The molecule has 0 bridgehead atoms. The lowest BCUT2D eigenvalue weighted by Gasteiger charge is -2.07. The van der Waals surface area contributed by atoms with Gasteiger partial charge in [0.1, 0.15) is 21.3 Å². The molecule has 1 heterocycles. The molecule has 0 aliphatic carbocycles. The second-order valence-corrected chi connectivity index (χ2v) is 7.52. The molecule has 2 rings (SSSR count). The van der Waals surface area contributed by atoms with Gasteiger partial charge in [-0.2, -0.15) is 0 Å². The number of aryl methyl sites for hydroxylation is 2. The third-order valence-corrected chi connectivity index (χ3v) is 4.19. The Morgan fingerprint density at radius 1 is 1.17 bits per heavy atom. The maximum atomic E-state index is 11.2. The molecule has 0 saturated heterocycles. The summed E-state index contributed by atoms with van der Waals surface area (Å²) in [5.41, 5.74) is 2.01. The Morgan fingerprint density at radius 2 is 1.83 bits per heavy atom. The number of aromatic nitrogens is 1. The maximum absolute atomic E-state index is 11.2. The van der Waals surface area contributed by atoms with E-state index in [0.29, 0.717) is 17.9 Å². The zero-order valence-electron chi connectivity index (χ0n) is 12.8. The summed E-state index contributed by atoms with van der Waals surface area (Å²) in [7, 11) is -2.98. The van der Waals surface area contributed by atoms with Gasteiger partial charge in [0.2, 0.25) is 0 Å². The molecule has 1 aromatic heterocycles. The van der Waals surface area contributed by atoms with Crippen LogP contribution in [0.1, 0.15) is 11.3 Å². The van der Waals surface area contributed by atoms with Crippen LogP contribution in [-0.2, 0) is 16.3 Å². The number of nitrogens with one attached hydrogen (secondary N) is 1. The third-order valence-electron chi connectivity index (χ3n) is 3.24. The Kier molecular flexibility index (Phi) is 4.95. The van der Waals surface area contributed by atoms with Crippen LogP contribution in [0.3, 0.4) is 0 Å². The number of pyridine rings is 1. The van der Waals surface area contributed by atoms with E-state index in [0.717, 1.165) is 11.3 Å². The molecule has 0 saturated carbocycles. The Morgan fingerprint density at radius 3 is 2.35 bits per heavy atom. The molecular formula is C15H17N3O4S. The molecule has 0 fully saturated rings. The quantitative estimate of drug-likeness (QED) is 0.643. The van der Waals surface area contributed by atoms with Gasteiger partial charge in [0.25, 0.3) is 5.69 Å². The molecule has 0 spiro atoms. The molecule has 0 unspecified atom stereocenters. The normalized spacial score (nSPS) is 11.2. The number of sulfone groups is 1. The van der Waals surface area contributed by atoms with Crippen LogP contribution < -0.4 is 5.32 Å². The Hall–Kier alpha value is -2.48. The second-order valence-electron chi connectivity index (χ2n) is 5.26. The molecule has 7 nitrogen and oxygen atoms in total. The van der Waals surface area contributed by atoms with Gasteiger partial charge in [0.15, 0.2) is 0 Å². The largest absolute Gasteiger partial charge is 0.340 e. The molecule has 1 aromatic carbocycles. The lowest BCUT2D eigenvalue weighted by atomic mass is 10.1. The summed E-state index contributed by atoms with van der Waals surface area (Å²) in [5.74, 6) is 0.625. The molecule has 8 heteroatoms. The van der Waals surface area contributed by atoms with Crippen molar-refractivity contribution in [2.24, 2.45) is 0 Å². The minimum atomic E-state index is -2.98. The average Bonchev–Trinajstić information content (AvgIpc) is 2.45. The zero-order valence-corrected chi connectivity index (χ0v) is 13.6. The van der Waals surface area contributed by atoms with Crippen LogP contribution in [0.2, 0.25) is 0 Å². The monoisotopic (exact) mass is 335 g/mol. The van der Waals surface area contributed by atoms with Crippen LogP contribution in [0, 0.1) is 17.0 Å². The van der Waals surface area contributed by atoms with E-state index in [1.165, 1.54) is 12.3 Å². The molecule has 0 aliphatic rings. The third kappa shape index (κ3) is 5.03. The topological polar surface area (TPSA) is 102 Å². The summed E-state index contributed by atoms with van der Waals surface area (Å²) >= 11 is 0. The zero-order chi connectivity index (χ0) is 17.0. The van der Waals surface area contributed by atoms with Crippen LogP contribution in [0.5, 0.6) is 0 Å². The number of hydrogen-bond donors (Lipinski definition) is 1. The summed E-state index contributed by atoms with van der Waals surface area (Å²) in [5, 5.41) is 13.8.